The van der Waals surface area contributed by atoms with E-state index in [-0.39, 0.29) is 11.7 Å². The van der Waals surface area contributed by atoms with Gasteiger partial charge in [0.1, 0.15) is 5.82 Å². The summed E-state index contributed by atoms with van der Waals surface area (Å²) in [6.45, 7) is 3.87. The van der Waals surface area contributed by atoms with Crippen molar-refractivity contribution in [3.05, 3.63) is 23.5 Å². The molecule has 0 heterocycles. The van der Waals surface area contributed by atoms with Crippen molar-refractivity contribution in [2.75, 3.05) is 14.2 Å². The lowest BCUT2D eigenvalue weighted by molar-refractivity contribution is 0.351. The quantitative estimate of drug-likeness (QED) is 0.743. The minimum Gasteiger partial charge on any atom is -0.493 e. The third-order valence-corrected chi connectivity index (χ3v) is 2.12. The average molecular weight is 198 g/mol. The van der Waals surface area contributed by atoms with Crippen molar-refractivity contribution in [3.8, 4) is 11.5 Å². The maximum atomic E-state index is 13.5. The molecule has 3 heteroatoms. The first-order chi connectivity index (χ1) is 6.60. The number of hydrogen-bond donors (Lipinski definition) is 0. The van der Waals surface area contributed by atoms with Gasteiger partial charge in [0.25, 0.3) is 0 Å². The molecule has 0 aliphatic carbocycles. The Kier molecular flexibility index (Phi) is 3.33. The molecule has 0 spiro atoms. The van der Waals surface area contributed by atoms with E-state index < -0.39 is 0 Å². The van der Waals surface area contributed by atoms with Crippen molar-refractivity contribution < 1.29 is 13.9 Å². The molecule has 0 amide bonds. The average Bonchev–Trinajstić information content (AvgIpc) is 2.16. The maximum absolute atomic E-state index is 13.5. The summed E-state index contributed by atoms with van der Waals surface area (Å²) in [6, 6.07) is 3.03. The topological polar surface area (TPSA) is 18.5 Å². The maximum Gasteiger partial charge on any atom is 0.163 e. The normalized spacial score (nSPS) is 10.4. The zero-order chi connectivity index (χ0) is 10.7. The Morgan fingerprint density at radius 1 is 1.07 bits per heavy atom. The Balaban J connectivity index is 3.23. The summed E-state index contributed by atoms with van der Waals surface area (Å²) in [5, 5.41) is 0. The highest BCUT2D eigenvalue weighted by Gasteiger charge is 2.12. The molecule has 0 N–H and O–H groups in total. The number of benzene rings is 1. The first-order valence-electron chi connectivity index (χ1n) is 4.51. The molecular formula is C11H15FO2. The van der Waals surface area contributed by atoms with E-state index in [0.717, 1.165) is 0 Å². The van der Waals surface area contributed by atoms with Crippen LogP contribution in [0.3, 0.4) is 0 Å². The molecule has 0 saturated heterocycles. The van der Waals surface area contributed by atoms with Gasteiger partial charge >= 0.3 is 0 Å². The molecule has 0 unspecified atom stereocenters. The third-order valence-electron chi connectivity index (χ3n) is 2.12. The minimum atomic E-state index is -0.252. The lowest BCUT2D eigenvalue weighted by atomic mass is 10.0. The van der Waals surface area contributed by atoms with Crippen LogP contribution in [0.1, 0.15) is 25.3 Å². The summed E-state index contributed by atoms with van der Waals surface area (Å²) >= 11 is 0. The Morgan fingerprint density at radius 3 is 2.00 bits per heavy atom. The van der Waals surface area contributed by atoms with Crippen LogP contribution in [0.4, 0.5) is 4.39 Å². The van der Waals surface area contributed by atoms with Crippen LogP contribution in [0.25, 0.3) is 0 Å². The molecule has 0 aliphatic rings. The fraction of sp³-hybridized carbons (Fsp3) is 0.455. The Morgan fingerprint density at radius 2 is 1.57 bits per heavy atom. The fourth-order valence-electron chi connectivity index (χ4n) is 1.31. The highest BCUT2D eigenvalue weighted by Crippen LogP contribution is 2.32. The molecule has 1 aromatic rings. The predicted molar refractivity (Wildman–Crippen MR) is 53.6 cm³/mol. The van der Waals surface area contributed by atoms with E-state index in [1.54, 1.807) is 13.2 Å². The van der Waals surface area contributed by atoms with Gasteiger partial charge in [0.05, 0.1) is 14.2 Å². The predicted octanol–water partition coefficient (Wildman–Crippen LogP) is 2.97. The zero-order valence-electron chi connectivity index (χ0n) is 8.93. The largest absolute Gasteiger partial charge is 0.493 e. The molecular weight excluding hydrogens is 183 g/mol. The molecule has 2 nitrogen and oxygen atoms in total. The third kappa shape index (κ3) is 1.97. The van der Waals surface area contributed by atoms with Crippen molar-refractivity contribution in [1.82, 2.24) is 0 Å². The fourth-order valence-corrected chi connectivity index (χ4v) is 1.31. The second-order valence-electron chi connectivity index (χ2n) is 3.38. The smallest absolute Gasteiger partial charge is 0.163 e. The SMILES string of the molecule is COc1cc(F)c(C(C)C)cc1OC. The summed E-state index contributed by atoms with van der Waals surface area (Å²) in [7, 11) is 3.03. The number of methoxy groups -OCH3 is 2. The lowest BCUT2D eigenvalue weighted by Crippen LogP contribution is -1.97. The summed E-state index contributed by atoms with van der Waals surface area (Å²) in [4.78, 5) is 0. The van der Waals surface area contributed by atoms with Crippen molar-refractivity contribution in [1.29, 1.82) is 0 Å². The molecule has 0 fully saturated rings. The van der Waals surface area contributed by atoms with Gasteiger partial charge < -0.3 is 9.47 Å². The second kappa shape index (κ2) is 4.31. The summed E-state index contributed by atoms with van der Waals surface area (Å²) < 4.78 is 23.5. The van der Waals surface area contributed by atoms with Crippen molar-refractivity contribution in [3.63, 3.8) is 0 Å². The first kappa shape index (κ1) is 10.8. The van der Waals surface area contributed by atoms with E-state index in [2.05, 4.69) is 0 Å². The molecule has 0 bridgehead atoms. The highest BCUT2D eigenvalue weighted by molar-refractivity contribution is 5.44. The van der Waals surface area contributed by atoms with Crippen LogP contribution < -0.4 is 9.47 Å². The van der Waals surface area contributed by atoms with Gasteiger partial charge in [0, 0.05) is 6.07 Å². The van der Waals surface area contributed by atoms with Crippen LogP contribution >= 0.6 is 0 Å². The van der Waals surface area contributed by atoms with Gasteiger partial charge in [-0.2, -0.15) is 0 Å². The number of hydrogen-bond acceptors (Lipinski definition) is 2. The van der Waals surface area contributed by atoms with E-state index >= 15 is 0 Å². The zero-order valence-corrected chi connectivity index (χ0v) is 8.93. The van der Waals surface area contributed by atoms with Crippen molar-refractivity contribution in [2.45, 2.75) is 19.8 Å². The lowest BCUT2D eigenvalue weighted by Gasteiger charge is -2.12. The molecule has 14 heavy (non-hydrogen) atoms. The molecule has 0 saturated carbocycles. The summed E-state index contributed by atoms with van der Waals surface area (Å²) in [5.74, 6) is 0.874. The van der Waals surface area contributed by atoms with Crippen LogP contribution in [0.5, 0.6) is 11.5 Å². The summed E-state index contributed by atoms with van der Waals surface area (Å²) in [5.41, 5.74) is 0.641. The molecule has 1 rings (SSSR count). The van der Waals surface area contributed by atoms with Gasteiger partial charge in [-0.05, 0) is 17.5 Å². The second-order valence-corrected chi connectivity index (χ2v) is 3.38. The monoisotopic (exact) mass is 198 g/mol. The molecule has 0 atom stereocenters. The van der Waals surface area contributed by atoms with Gasteiger partial charge in [0.15, 0.2) is 11.5 Å². The van der Waals surface area contributed by atoms with Crippen molar-refractivity contribution in [2.24, 2.45) is 0 Å². The first-order valence-corrected chi connectivity index (χ1v) is 4.51. The van der Waals surface area contributed by atoms with E-state index in [1.807, 2.05) is 13.8 Å². The standard InChI is InChI=1S/C11H15FO2/c1-7(2)8-5-10(13-3)11(14-4)6-9(8)12/h5-7H,1-4H3. The van der Waals surface area contributed by atoms with Crippen LogP contribution in [-0.4, -0.2) is 14.2 Å². The Bertz CT molecular complexity index is 321. The molecule has 1 aromatic carbocycles. The number of rotatable bonds is 3. The van der Waals surface area contributed by atoms with Crippen LogP contribution in [0, 0.1) is 5.82 Å². The number of ether oxygens (including phenoxy) is 2. The van der Waals surface area contributed by atoms with Crippen molar-refractivity contribution >= 4 is 0 Å². The molecule has 0 aliphatic heterocycles. The number of halogens is 1. The van der Waals surface area contributed by atoms with Crippen LogP contribution in [0.2, 0.25) is 0 Å². The van der Waals surface area contributed by atoms with Gasteiger partial charge in [-0.3, -0.25) is 0 Å². The summed E-state index contributed by atoms with van der Waals surface area (Å²) in [6.07, 6.45) is 0. The Hall–Kier alpha value is -1.25. The van der Waals surface area contributed by atoms with Gasteiger partial charge in [-0.25, -0.2) is 4.39 Å². The van der Waals surface area contributed by atoms with E-state index in [9.17, 15) is 4.39 Å². The van der Waals surface area contributed by atoms with Gasteiger partial charge in [-0.15, -0.1) is 0 Å². The molecule has 0 radical (unpaired) electrons. The van der Waals surface area contributed by atoms with Crippen LogP contribution in [-0.2, 0) is 0 Å². The van der Waals surface area contributed by atoms with E-state index in [0.29, 0.717) is 17.1 Å². The molecule has 0 aromatic heterocycles. The minimum absolute atomic E-state index is 0.134. The van der Waals surface area contributed by atoms with E-state index in [4.69, 9.17) is 9.47 Å². The highest BCUT2D eigenvalue weighted by atomic mass is 19.1. The van der Waals surface area contributed by atoms with Crippen LogP contribution in [0.15, 0.2) is 12.1 Å². The van der Waals surface area contributed by atoms with E-state index in [1.165, 1.54) is 13.2 Å². The van der Waals surface area contributed by atoms with Gasteiger partial charge in [0.2, 0.25) is 0 Å². The Labute approximate surface area is 83.6 Å². The van der Waals surface area contributed by atoms with Gasteiger partial charge in [-0.1, -0.05) is 13.8 Å². The molecule has 78 valence electrons.